The number of hydrogen-bond donors (Lipinski definition) is 4. The number of rotatable bonds is 7. The molecule has 5 N–H and O–H groups in total. The van der Waals surface area contributed by atoms with Crippen LogP contribution in [0, 0.1) is 0 Å². The molecule has 2 unspecified atom stereocenters. The molecule has 7 nitrogen and oxygen atoms in total. The molecule has 0 aliphatic heterocycles. The maximum absolute atomic E-state index is 12.0. The number of imidazole rings is 1. The van der Waals surface area contributed by atoms with Gasteiger partial charge in [-0.15, -0.1) is 0 Å². The van der Waals surface area contributed by atoms with Crippen molar-refractivity contribution in [2.24, 2.45) is 5.73 Å². The van der Waals surface area contributed by atoms with E-state index in [2.05, 4.69) is 15.3 Å². The zero-order chi connectivity index (χ0) is 15.9. The summed E-state index contributed by atoms with van der Waals surface area (Å²) >= 11 is 0. The highest BCUT2D eigenvalue weighted by molar-refractivity contribution is 5.87. The van der Waals surface area contributed by atoms with E-state index in [4.69, 9.17) is 5.73 Å². The van der Waals surface area contributed by atoms with E-state index in [1.54, 1.807) is 6.20 Å². The average molecular weight is 302 g/mol. The number of benzene rings is 1. The number of nitrogens with zero attached hydrogens (tertiary/aromatic N) is 1. The summed E-state index contributed by atoms with van der Waals surface area (Å²) in [5.41, 5.74) is 7.35. The van der Waals surface area contributed by atoms with Crippen molar-refractivity contribution in [3.8, 4) is 0 Å². The molecule has 2 atom stereocenters. The van der Waals surface area contributed by atoms with Crippen molar-refractivity contribution >= 4 is 11.9 Å². The first-order valence-corrected chi connectivity index (χ1v) is 6.86. The fourth-order valence-electron chi connectivity index (χ4n) is 2.05. The molecule has 0 saturated carbocycles. The molecule has 0 bridgehead atoms. The van der Waals surface area contributed by atoms with E-state index in [0.29, 0.717) is 0 Å². The minimum Gasteiger partial charge on any atom is -0.480 e. The van der Waals surface area contributed by atoms with Crippen molar-refractivity contribution in [1.29, 1.82) is 0 Å². The molecule has 116 valence electrons. The topological polar surface area (TPSA) is 121 Å². The van der Waals surface area contributed by atoms with Gasteiger partial charge in [-0.25, -0.2) is 9.78 Å². The van der Waals surface area contributed by atoms with Gasteiger partial charge in [-0.05, 0) is 5.56 Å². The van der Waals surface area contributed by atoms with Crippen LogP contribution in [-0.4, -0.2) is 39.0 Å². The average Bonchev–Trinajstić information content (AvgIpc) is 3.00. The van der Waals surface area contributed by atoms with Gasteiger partial charge in [0.05, 0.1) is 12.4 Å². The molecule has 7 heteroatoms. The molecule has 1 amide bonds. The smallest absolute Gasteiger partial charge is 0.326 e. The summed E-state index contributed by atoms with van der Waals surface area (Å²) in [5.74, 6) is -1.59. The van der Waals surface area contributed by atoms with E-state index < -0.39 is 24.0 Å². The van der Waals surface area contributed by atoms with Gasteiger partial charge < -0.3 is 21.1 Å². The van der Waals surface area contributed by atoms with Crippen molar-refractivity contribution in [2.75, 3.05) is 0 Å². The molecule has 0 spiro atoms. The zero-order valence-electron chi connectivity index (χ0n) is 11.9. The molecule has 1 heterocycles. The highest BCUT2D eigenvalue weighted by Gasteiger charge is 2.23. The second-order valence-electron chi connectivity index (χ2n) is 4.98. The van der Waals surface area contributed by atoms with Crippen molar-refractivity contribution in [3.63, 3.8) is 0 Å². The minimum atomic E-state index is -1.09. The van der Waals surface area contributed by atoms with Crippen molar-refractivity contribution in [2.45, 2.75) is 24.9 Å². The van der Waals surface area contributed by atoms with Crippen LogP contribution in [0.1, 0.15) is 11.3 Å². The van der Waals surface area contributed by atoms with Crippen LogP contribution in [0.3, 0.4) is 0 Å². The molecule has 2 rings (SSSR count). The molecule has 2 aromatic rings. The number of carbonyl (C=O) groups is 2. The second-order valence-corrected chi connectivity index (χ2v) is 4.98. The lowest BCUT2D eigenvalue weighted by Gasteiger charge is -2.17. The first-order valence-electron chi connectivity index (χ1n) is 6.86. The first kappa shape index (κ1) is 15.7. The maximum atomic E-state index is 12.0. The molecule has 0 aliphatic rings. The van der Waals surface area contributed by atoms with Crippen LogP contribution in [0.4, 0.5) is 0 Å². The number of aromatic nitrogens is 2. The van der Waals surface area contributed by atoms with Crippen LogP contribution < -0.4 is 11.1 Å². The lowest BCUT2D eigenvalue weighted by Crippen LogP contribution is -2.50. The van der Waals surface area contributed by atoms with Gasteiger partial charge in [0.15, 0.2) is 0 Å². The van der Waals surface area contributed by atoms with Crippen molar-refractivity contribution in [1.82, 2.24) is 15.3 Å². The molecule has 0 radical (unpaired) electrons. The molecule has 0 saturated heterocycles. The SMILES string of the molecule is NC(Cc1cnc[nH]1)C(=O)NC(Cc1ccccc1)C(=O)O. The molecule has 1 aromatic carbocycles. The van der Waals surface area contributed by atoms with Crippen LogP contribution in [0.5, 0.6) is 0 Å². The molecule has 22 heavy (non-hydrogen) atoms. The zero-order valence-corrected chi connectivity index (χ0v) is 11.9. The van der Waals surface area contributed by atoms with Crippen LogP contribution in [0.2, 0.25) is 0 Å². The summed E-state index contributed by atoms with van der Waals surface area (Å²) in [7, 11) is 0. The number of carboxylic acid groups (broad SMARTS) is 1. The summed E-state index contributed by atoms with van der Waals surface area (Å²) < 4.78 is 0. The molecule has 0 aliphatic carbocycles. The van der Waals surface area contributed by atoms with E-state index in [-0.39, 0.29) is 12.8 Å². The van der Waals surface area contributed by atoms with Gasteiger partial charge in [0.2, 0.25) is 5.91 Å². The fraction of sp³-hybridized carbons (Fsp3) is 0.267. The number of aliphatic carboxylic acids is 1. The quantitative estimate of drug-likeness (QED) is 0.577. The Labute approximate surface area is 127 Å². The van der Waals surface area contributed by atoms with Gasteiger partial charge in [-0.3, -0.25) is 4.79 Å². The van der Waals surface area contributed by atoms with Gasteiger partial charge in [-0.1, -0.05) is 30.3 Å². The Morgan fingerprint density at radius 3 is 2.59 bits per heavy atom. The maximum Gasteiger partial charge on any atom is 0.326 e. The van der Waals surface area contributed by atoms with Gasteiger partial charge in [0.25, 0.3) is 0 Å². The highest BCUT2D eigenvalue weighted by Crippen LogP contribution is 2.04. The predicted molar refractivity (Wildman–Crippen MR) is 80.0 cm³/mol. The molecule has 1 aromatic heterocycles. The summed E-state index contributed by atoms with van der Waals surface area (Å²) in [5, 5.41) is 11.7. The third-order valence-corrected chi connectivity index (χ3v) is 3.23. The second kappa shape index (κ2) is 7.37. The fourth-order valence-corrected chi connectivity index (χ4v) is 2.05. The van der Waals surface area contributed by atoms with Crippen LogP contribution >= 0.6 is 0 Å². The molecular weight excluding hydrogens is 284 g/mol. The number of carbonyl (C=O) groups excluding carboxylic acids is 1. The number of amides is 1. The van der Waals surface area contributed by atoms with E-state index in [0.717, 1.165) is 11.3 Å². The first-order chi connectivity index (χ1) is 10.6. The number of carboxylic acids is 1. The van der Waals surface area contributed by atoms with E-state index in [1.807, 2.05) is 30.3 Å². The van der Waals surface area contributed by atoms with E-state index >= 15 is 0 Å². The van der Waals surface area contributed by atoms with Gasteiger partial charge in [0, 0.05) is 24.7 Å². The Morgan fingerprint density at radius 1 is 1.27 bits per heavy atom. The number of nitrogens with one attached hydrogen (secondary N) is 2. The molecule has 0 fully saturated rings. The lowest BCUT2D eigenvalue weighted by molar-refractivity contribution is -0.141. The van der Waals surface area contributed by atoms with Gasteiger partial charge >= 0.3 is 5.97 Å². The monoisotopic (exact) mass is 302 g/mol. The predicted octanol–water partition coefficient (Wildman–Crippen LogP) is 0.0916. The number of H-pyrrole nitrogens is 1. The third kappa shape index (κ3) is 4.42. The van der Waals surface area contributed by atoms with Gasteiger partial charge in [-0.2, -0.15) is 0 Å². The standard InChI is InChI=1S/C15H18N4O3/c16-12(7-11-8-17-9-18-11)14(20)19-13(15(21)22)6-10-4-2-1-3-5-10/h1-5,8-9,12-13H,6-7,16H2,(H,17,18)(H,19,20)(H,21,22). The number of aromatic amines is 1. The van der Waals surface area contributed by atoms with E-state index in [9.17, 15) is 14.7 Å². The highest BCUT2D eigenvalue weighted by atomic mass is 16.4. The Bertz CT molecular complexity index is 613. The third-order valence-electron chi connectivity index (χ3n) is 3.23. The Kier molecular flexibility index (Phi) is 5.26. The number of hydrogen-bond acceptors (Lipinski definition) is 4. The number of nitrogens with two attached hydrogens (primary N) is 1. The summed E-state index contributed by atoms with van der Waals surface area (Å²) in [6.07, 6.45) is 3.55. The van der Waals surface area contributed by atoms with Crippen LogP contribution in [0.25, 0.3) is 0 Å². The Hall–Kier alpha value is -2.67. The largest absolute Gasteiger partial charge is 0.480 e. The minimum absolute atomic E-state index is 0.207. The van der Waals surface area contributed by atoms with E-state index in [1.165, 1.54) is 6.33 Å². The summed E-state index contributed by atoms with van der Waals surface area (Å²) in [4.78, 5) is 30.0. The van der Waals surface area contributed by atoms with Crippen LogP contribution in [-0.2, 0) is 22.4 Å². The molecular formula is C15H18N4O3. The lowest BCUT2D eigenvalue weighted by atomic mass is 10.1. The summed E-state index contributed by atoms with van der Waals surface area (Å²) in [6.45, 7) is 0. The van der Waals surface area contributed by atoms with Crippen molar-refractivity contribution in [3.05, 3.63) is 54.1 Å². The Morgan fingerprint density at radius 2 is 2.00 bits per heavy atom. The van der Waals surface area contributed by atoms with Crippen LogP contribution in [0.15, 0.2) is 42.9 Å². The normalized spacial score (nSPS) is 13.3. The Balaban J connectivity index is 1.95. The summed E-state index contributed by atoms with van der Waals surface area (Å²) in [6, 6.07) is 7.26. The van der Waals surface area contributed by atoms with Gasteiger partial charge in [0.1, 0.15) is 6.04 Å². The van der Waals surface area contributed by atoms with Crippen molar-refractivity contribution < 1.29 is 14.7 Å².